The Morgan fingerprint density at radius 3 is 2.75 bits per heavy atom. The van der Waals surface area contributed by atoms with E-state index in [-0.39, 0.29) is 11.9 Å². The van der Waals surface area contributed by atoms with E-state index in [9.17, 15) is 9.59 Å². The predicted octanol–water partition coefficient (Wildman–Crippen LogP) is 1.18. The molecule has 0 aliphatic heterocycles. The maximum atomic E-state index is 11.6. The lowest BCUT2D eigenvalue weighted by Crippen LogP contribution is -2.33. The van der Waals surface area contributed by atoms with E-state index in [1.807, 2.05) is 19.9 Å². The van der Waals surface area contributed by atoms with Crippen LogP contribution in [0.2, 0.25) is 0 Å². The molecule has 0 fully saturated rings. The summed E-state index contributed by atoms with van der Waals surface area (Å²) in [6.07, 6.45) is 1.37. The minimum Gasteiger partial charge on any atom is -0.366 e. The molecule has 1 rings (SSSR count). The number of primary amides is 1. The highest BCUT2D eigenvalue weighted by Gasteiger charge is 2.05. The second-order valence-electron chi connectivity index (χ2n) is 4.87. The lowest BCUT2D eigenvalue weighted by molar-refractivity contribution is -0.121. The molecule has 0 saturated carbocycles. The van der Waals surface area contributed by atoms with Crippen molar-refractivity contribution in [3.63, 3.8) is 0 Å². The number of hydrogen-bond donors (Lipinski definition) is 3. The van der Waals surface area contributed by atoms with Gasteiger partial charge in [-0.05, 0) is 31.0 Å². The fourth-order valence-electron chi connectivity index (χ4n) is 1.72. The summed E-state index contributed by atoms with van der Waals surface area (Å²) in [5.41, 5.74) is 6.70. The molecule has 0 aromatic heterocycles. The molecule has 0 bridgehead atoms. The molecule has 0 heterocycles. The average Bonchev–Trinajstić information content (AvgIpc) is 2.43. The van der Waals surface area contributed by atoms with Crippen LogP contribution in [0.3, 0.4) is 0 Å². The zero-order valence-electron chi connectivity index (χ0n) is 12.1. The SMILES string of the molecule is CCC(C)NC(=O)CCNCc1cccc(C(N)=O)c1. The van der Waals surface area contributed by atoms with Crippen LogP contribution in [0.25, 0.3) is 0 Å². The normalized spacial score (nSPS) is 11.9. The van der Waals surface area contributed by atoms with Crippen molar-refractivity contribution in [2.24, 2.45) is 5.73 Å². The first kappa shape index (κ1) is 16.2. The minimum atomic E-state index is -0.431. The maximum Gasteiger partial charge on any atom is 0.248 e. The molecule has 20 heavy (non-hydrogen) atoms. The van der Waals surface area contributed by atoms with Gasteiger partial charge < -0.3 is 16.4 Å². The Morgan fingerprint density at radius 1 is 1.35 bits per heavy atom. The van der Waals surface area contributed by atoms with Gasteiger partial charge >= 0.3 is 0 Å². The van der Waals surface area contributed by atoms with Crippen LogP contribution in [0.15, 0.2) is 24.3 Å². The van der Waals surface area contributed by atoms with Crippen LogP contribution < -0.4 is 16.4 Å². The largest absolute Gasteiger partial charge is 0.366 e. The molecule has 0 saturated heterocycles. The molecule has 1 aromatic carbocycles. The fraction of sp³-hybridized carbons (Fsp3) is 0.467. The minimum absolute atomic E-state index is 0.0535. The summed E-state index contributed by atoms with van der Waals surface area (Å²) in [5.74, 6) is -0.377. The lowest BCUT2D eigenvalue weighted by Gasteiger charge is -2.11. The van der Waals surface area contributed by atoms with E-state index in [4.69, 9.17) is 5.73 Å². The van der Waals surface area contributed by atoms with Crippen molar-refractivity contribution < 1.29 is 9.59 Å². The predicted molar refractivity (Wildman–Crippen MR) is 79.2 cm³/mol. The van der Waals surface area contributed by atoms with Gasteiger partial charge in [-0.3, -0.25) is 9.59 Å². The zero-order chi connectivity index (χ0) is 15.0. The number of hydrogen-bond acceptors (Lipinski definition) is 3. The summed E-state index contributed by atoms with van der Waals surface area (Å²) in [6, 6.07) is 7.38. The Morgan fingerprint density at radius 2 is 2.10 bits per heavy atom. The van der Waals surface area contributed by atoms with Gasteiger partial charge in [0.1, 0.15) is 0 Å². The van der Waals surface area contributed by atoms with E-state index < -0.39 is 5.91 Å². The molecule has 1 atom stereocenters. The quantitative estimate of drug-likeness (QED) is 0.624. The van der Waals surface area contributed by atoms with Crippen LogP contribution in [-0.2, 0) is 11.3 Å². The monoisotopic (exact) mass is 277 g/mol. The molecular formula is C15H23N3O2. The molecule has 5 nitrogen and oxygen atoms in total. The van der Waals surface area contributed by atoms with E-state index in [1.165, 1.54) is 0 Å². The van der Waals surface area contributed by atoms with Gasteiger partial charge in [0.25, 0.3) is 0 Å². The third kappa shape index (κ3) is 5.84. The number of carbonyl (C=O) groups excluding carboxylic acids is 2. The number of nitrogens with one attached hydrogen (secondary N) is 2. The Bertz CT molecular complexity index is 460. The van der Waals surface area contributed by atoms with Crippen LogP contribution in [0.5, 0.6) is 0 Å². The van der Waals surface area contributed by atoms with Crippen LogP contribution in [0.1, 0.15) is 42.6 Å². The zero-order valence-corrected chi connectivity index (χ0v) is 12.1. The van der Waals surface area contributed by atoms with E-state index in [0.29, 0.717) is 25.1 Å². The van der Waals surface area contributed by atoms with Crippen molar-refractivity contribution in [3.05, 3.63) is 35.4 Å². The molecule has 1 unspecified atom stereocenters. The van der Waals surface area contributed by atoms with Gasteiger partial charge in [0.15, 0.2) is 0 Å². The fourth-order valence-corrected chi connectivity index (χ4v) is 1.72. The molecule has 0 spiro atoms. The van der Waals surface area contributed by atoms with Crippen LogP contribution in [0, 0.1) is 0 Å². The van der Waals surface area contributed by atoms with Crippen molar-refractivity contribution >= 4 is 11.8 Å². The van der Waals surface area contributed by atoms with Gasteiger partial charge in [-0.1, -0.05) is 19.1 Å². The number of nitrogens with two attached hydrogens (primary N) is 1. The molecule has 0 aliphatic carbocycles. The molecule has 5 heteroatoms. The first-order valence-electron chi connectivity index (χ1n) is 6.91. The van der Waals surface area contributed by atoms with E-state index in [1.54, 1.807) is 18.2 Å². The second-order valence-corrected chi connectivity index (χ2v) is 4.87. The molecule has 4 N–H and O–H groups in total. The van der Waals surface area contributed by atoms with Crippen molar-refractivity contribution in [2.45, 2.75) is 39.3 Å². The Kier molecular flexibility index (Phi) is 6.73. The Labute approximate surface area is 119 Å². The standard InChI is InChI=1S/C15H23N3O2/c1-3-11(2)18-14(19)7-8-17-10-12-5-4-6-13(9-12)15(16)20/h4-6,9,11,17H,3,7-8,10H2,1-2H3,(H2,16,20)(H,18,19). The van der Waals surface area contributed by atoms with Crippen LogP contribution in [-0.4, -0.2) is 24.4 Å². The summed E-state index contributed by atoms with van der Waals surface area (Å²) in [7, 11) is 0. The second kappa shape index (κ2) is 8.32. The third-order valence-electron chi connectivity index (χ3n) is 3.09. The topological polar surface area (TPSA) is 84.2 Å². The highest BCUT2D eigenvalue weighted by molar-refractivity contribution is 5.92. The highest BCUT2D eigenvalue weighted by atomic mass is 16.2. The first-order chi connectivity index (χ1) is 9.52. The Hall–Kier alpha value is -1.88. The number of rotatable bonds is 8. The van der Waals surface area contributed by atoms with Gasteiger partial charge in [-0.25, -0.2) is 0 Å². The van der Waals surface area contributed by atoms with E-state index >= 15 is 0 Å². The summed E-state index contributed by atoms with van der Waals surface area (Å²) in [6.45, 7) is 5.23. The van der Waals surface area contributed by atoms with Crippen LogP contribution >= 0.6 is 0 Å². The Balaban J connectivity index is 2.29. The van der Waals surface area contributed by atoms with Gasteiger partial charge in [0, 0.05) is 31.1 Å². The van der Waals surface area contributed by atoms with Crippen molar-refractivity contribution in [2.75, 3.05) is 6.54 Å². The molecule has 110 valence electrons. The molecule has 2 amide bonds. The smallest absolute Gasteiger partial charge is 0.248 e. The lowest BCUT2D eigenvalue weighted by atomic mass is 10.1. The van der Waals surface area contributed by atoms with E-state index in [2.05, 4.69) is 10.6 Å². The number of amides is 2. The summed E-state index contributed by atoms with van der Waals surface area (Å²) >= 11 is 0. The molecular weight excluding hydrogens is 254 g/mol. The average molecular weight is 277 g/mol. The first-order valence-corrected chi connectivity index (χ1v) is 6.91. The summed E-state index contributed by atoms with van der Waals surface area (Å²) in [5, 5.41) is 6.09. The van der Waals surface area contributed by atoms with Gasteiger partial charge in [-0.2, -0.15) is 0 Å². The van der Waals surface area contributed by atoms with Crippen LogP contribution in [0.4, 0.5) is 0 Å². The van der Waals surface area contributed by atoms with Crippen molar-refractivity contribution in [3.8, 4) is 0 Å². The van der Waals surface area contributed by atoms with Crippen molar-refractivity contribution in [1.82, 2.24) is 10.6 Å². The summed E-state index contributed by atoms with van der Waals surface area (Å²) < 4.78 is 0. The van der Waals surface area contributed by atoms with Gasteiger partial charge in [0.2, 0.25) is 11.8 Å². The summed E-state index contributed by atoms with van der Waals surface area (Å²) in [4.78, 5) is 22.6. The number of benzene rings is 1. The number of carbonyl (C=O) groups is 2. The molecule has 1 aromatic rings. The van der Waals surface area contributed by atoms with Gasteiger partial charge in [-0.15, -0.1) is 0 Å². The third-order valence-corrected chi connectivity index (χ3v) is 3.09. The van der Waals surface area contributed by atoms with Gasteiger partial charge in [0.05, 0.1) is 0 Å². The van der Waals surface area contributed by atoms with E-state index in [0.717, 1.165) is 12.0 Å². The maximum absolute atomic E-state index is 11.6. The van der Waals surface area contributed by atoms with Crippen molar-refractivity contribution in [1.29, 1.82) is 0 Å². The highest BCUT2D eigenvalue weighted by Crippen LogP contribution is 2.04. The molecule has 0 radical (unpaired) electrons. The molecule has 0 aliphatic rings.